The van der Waals surface area contributed by atoms with Gasteiger partial charge in [0.25, 0.3) is 5.92 Å². The Hall–Kier alpha value is -2.12. The Kier molecular flexibility index (Phi) is 3.81. The fourth-order valence-corrected chi connectivity index (χ4v) is 5.42. The van der Waals surface area contributed by atoms with Crippen molar-refractivity contribution < 1.29 is 22.4 Å². The summed E-state index contributed by atoms with van der Waals surface area (Å²) in [5, 5.41) is 2.75. The smallest absolute Gasteiger partial charge is 0.252 e. The van der Waals surface area contributed by atoms with E-state index in [2.05, 4.69) is 10.3 Å². The van der Waals surface area contributed by atoms with Crippen molar-refractivity contribution in [3.8, 4) is 0 Å². The molecular weight excluding hydrogens is 374 g/mol. The van der Waals surface area contributed by atoms with Gasteiger partial charge in [-0.3, -0.25) is 4.79 Å². The number of hydrogen-bond acceptors (Lipinski definition) is 2. The molecule has 1 amide bonds. The molecule has 0 bridgehead atoms. The van der Waals surface area contributed by atoms with Crippen molar-refractivity contribution in [3.05, 3.63) is 30.1 Å². The van der Waals surface area contributed by atoms with Crippen molar-refractivity contribution in [2.45, 2.75) is 50.6 Å². The van der Waals surface area contributed by atoms with E-state index in [0.717, 1.165) is 18.9 Å². The van der Waals surface area contributed by atoms with E-state index in [0.29, 0.717) is 22.9 Å². The number of fused-ring (bicyclic) bond motifs is 2. The molecule has 3 saturated carbocycles. The maximum absolute atomic E-state index is 13.6. The molecule has 1 aromatic heterocycles. The van der Waals surface area contributed by atoms with Gasteiger partial charge in [0, 0.05) is 43.0 Å². The van der Waals surface area contributed by atoms with Crippen LogP contribution in [0.4, 0.5) is 17.6 Å². The van der Waals surface area contributed by atoms with Crippen molar-refractivity contribution in [1.82, 2.24) is 14.9 Å². The van der Waals surface area contributed by atoms with Gasteiger partial charge < -0.3 is 9.88 Å². The molecule has 3 aliphatic carbocycles. The van der Waals surface area contributed by atoms with E-state index in [4.69, 9.17) is 0 Å². The van der Waals surface area contributed by atoms with Crippen LogP contribution in [0.5, 0.6) is 0 Å². The molecule has 3 aliphatic rings. The van der Waals surface area contributed by atoms with Crippen LogP contribution in [0.25, 0.3) is 11.0 Å². The number of alkyl halides is 2. The van der Waals surface area contributed by atoms with Gasteiger partial charge in [0.2, 0.25) is 5.91 Å². The van der Waals surface area contributed by atoms with E-state index in [1.807, 2.05) is 11.5 Å². The van der Waals surface area contributed by atoms with E-state index >= 15 is 0 Å². The second-order valence-corrected chi connectivity index (χ2v) is 8.70. The number of halogens is 4. The summed E-state index contributed by atoms with van der Waals surface area (Å²) in [5.41, 5.74) is 1.01. The molecule has 0 saturated heterocycles. The lowest BCUT2D eigenvalue weighted by atomic mass is 9.87. The van der Waals surface area contributed by atoms with Crippen molar-refractivity contribution in [2.24, 2.45) is 23.7 Å². The number of carbonyl (C=O) groups excluding carboxylic acids is 1. The molecular formula is C20H21F4N3O. The molecule has 1 aromatic carbocycles. The third-order valence-electron chi connectivity index (χ3n) is 6.92. The maximum Gasteiger partial charge on any atom is 0.252 e. The van der Waals surface area contributed by atoms with Gasteiger partial charge in [-0.25, -0.2) is 22.5 Å². The number of amides is 1. The summed E-state index contributed by atoms with van der Waals surface area (Å²) in [6.45, 7) is 1.87. The molecule has 1 N–H and O–H groups in total. The number of nitrogens with zero attached hydrogens (tertiary/aromatic N) is 2. The fraction of sp³-hybridized carbons (Fsp3) is 0.600. The Bertz CT molecular complexity index is 938. The van der Waals surface area contributed by atoms with Crippen LogP contribution in [0.15, 0.2) is 18.5 Å². The molecule has 3 unspecified atom stereocenters. The predicted octanol–water partition coefficient (Wildman–Crippen LogP) is 4.06. The molecule has 8 heteroatoms. The summed E-state index contributed by atoms with van der Waals surface area (Å²) >= 11 is 0. The Balaban J connectivity index is 1.21. The molecule has 0 aliphatic heterocycles. The first-order valence-corrected chi connectivity index (χ1v) is 9.73. The first-order valence-electron chi connectivity index (χ1n) is 9.73. The quantitative estimate of drug-likeness (QED) is 0.794. The second kappa shape index (κ2) is 5.94. The minimum Gasteiger partial charge on any atom is -0.353 e. The van der Waals surface area contributed by atoms with Gasteiger partial charge in [0.1, 0.15) is 0 Å². The van der Waals surface area contributed by atoms with E-state index < -0.39 is 23.6 Å². The summed E-state index contributed by atoms with van der Waals surface area (Å²) in [7, 11) is 0. The Morgan fingerprint density at radius 2 is 1.86 bits per heavy atom. The van der Waals surface area contributed by atoms with Crippen molar-refractivity contribution in [3.63, 3.8) is 0 Å². The minimum atomic E-state index is -2.64. The number of imidazole rings is 1. The second-order valence-electron chi connectivity index (χ2n) is 8.70. The summed E-state index contributed by atoms with van der Waals surface area (Å²) in [5.74, 6) is -3.70. The maximum atomic E-state index is 13.6. The summed E-state index contributed by atoms with van der Waals surface area (Å²) in [4.78, 5) is 16.6. The summed E-state index contributed by atoms with van der Waals surface area (Å²) < 4.78 is 54.8. The highest BCUT2D eigenvalue weighted by Crippen LogP contribution is 2.64. The number of carbonyl (C=O) groups is 1. The monoisotopic (exact) mass is 395 g/mol. The van der Waals surface area contributed by atoms with Crippen LogP contribution in [-0.4, -0.2) is 27.4 Å². The largest absolute Gasteiger partial charge is 0.353 e. The lowest BCUT2D eigenvalue weighted by Gasteiger charge is -2.36. The highest BCUT2D eigenvalue weighted by atomic mass is 19.3. The lowest BCUT2D eigenvalue weighted by Crippen LogP contribution is -2.51. The molecule has 4 nitrogen and oxygen atoms in total. The first kappa shape index (κ1) is 17.9. The third-order valence-corrected chi connectivity index (χ3v) is 6.92. The SMILES string of the molecule is CC(C(=O)NC1CC(F)(F)C1)C1[C@H]2CC(n3cnc4cc(F)c(F)cc43)C[C@@H]12. The summed E-state index contributed by atoms with van der Waals surface area (Å²) in [6.07, 6.45) is 2.81. The van der Waals surface area contributed by atoms with E-state index in [9.17, 15) is 22.4 Å². The number of benzene rings is 1. The van der Waals surface area contributed by atoms with Crippen LogP contribution in [0, 0.1) is 35.3 Å². The molecule has 3 fully saturated rings. The van der Waals surface area contributed by atoms with Crippen LogP contribution in [0.1, 0.15) is 38.6 Å². The average Bonchev–Trinajstić information content (AvgIpc) is 2.92. The molecule has 0 spiro atoms. The molecule has 5 rings (SSSR count). The topological polar surface area (TPSA) is 46.9 Å². The van der Waals surface area contributed by atoms with Crippen LogP contribution >= 0.6 is 0 Å². The molecule has 2 aromatic rings. The Morgan fingerprint density at radius 3 is 2.50 bits per heavy atom. The van der Waals surface area contributed by atoms with E-state index in [1.165, 1.54) is 6.07 Å². The predicted molar refractivity (Wildman–Crippen MR) is 93.7 cm³/mol. The van der Waals surface area contributed by atoms with Gasteiger partial charge in [0.05, 0.1) is 17.4 Å². The van der Waals surface area contributed by atoms with Crippen LogP contribution in [0.2, 0.25) is 0 Å². The Morgan fingerprint density at radius 1 is 1.21 bits per heavy atom. The number of aromatic nitrogens is 2. The van der Waals surface area contributed by atoms with Gasteiger partial charge in [-0.05, 0) is 30.6 Å². The molecule has 28 heavy (non-hydrogen) atoms. The zero-order chi connectivity index (χ0) is 19.8. The number of rotatable bonds is 4. The molecule has 150 valence electrons. The van der Waals surface area contributed by atoms with Gasteiger partial charge >= 0.3 is 0 Å². The fourth-order valence-electron chi connectivity index (χ4n) is 5.42. The van der Waals surface area contributed by atoms with Gasteiger partial charge in [-0.2, -0.15) is 0 Å². The van der Waals surface area contributed by atoms with Gasteiger partial charge in [-0.1, -0.05) is 6.92 Å². The van der Waals surface area contributed by atoms with Crippen molar-refractivity contribution in [1.29, 1.82) is 0 Å². The summed E-state index contributed by atoms with van der Waals surface area (Å²) in [6, 6.07) is 2.03. The molecule has 1 heterocycles. The van der Waals surface area contributed by atoms with Crippen LogP contribution < -0.4 is 5.32 Å². The standard InChI is InChI=1S/C20H21F4N3O/c1-9(19(28)26-10-6-20(23,24)7-10)18-12-2-11(3-13(12)18)27-8-25-16-4-14(21)15(22)5-17(16)27/h4-5,8-13,18H,2-3,6-7H2,1H3,(H,26,28)/t9?,11?,12-,13+,18?. The molecule has 0 radical (unpaired) electrons. The van der Waals surface area contributed by atoms with Gasteiger partial charge in [0.15, 0.2) is 11.6 Å². The van der Waals surface area contributed by atoms with Gasteiger partial charge in [-0.15, -0.1) is 0 Å². The number of hydrogen-bond donors (Lipinski definition) is 1. The normalized spacial score (nSPS) is 32.0. The lowest BCUT2D eigenvalue weighted by molar-refractivity contribution is -0.133. The Labute approximate surface area is 159 Å². The zero-order valence-electron chi connectivity index (χ0n) is 15.3. The van der Waals surface area contributed by atoms with Crippen molar-refractivity contribution >= 4 is 16.9 Å². The first-order chi connectivity index (χ1) is 13.2. The van der Waals surface area contributed by atoms with Crippen LogP contribution in [-0.2, 0) is 4.79 Å². The van der Waals surface area contributed by atoms with E-state index in [1.54, 1.807) is 6.33 Å². The zero-order valence-corrected chi connectivity index (χ0v) is 15.3. The average molecular weight is 395 g/mol. The third kappa shape index (κ3) is 2.79. The minimum absolute atomic E-state index is 0.137. The van der Waals surface area contributed by atoms with Crippen molar-refractivity contribution in [2.75, 3.05) is 0 Å². The highest BCUT2D eigenvalue weighted by molar-refractivity contribution is 5.79. The van der Waals surface area contributed by atoms with E-state index in [-0.39, 0.29) is 36.6 Å². The highest BCUT2D eigenvalue weighted by Gasteiger charge is 2.59. The molecule has 5 atom stereocenters. The number of nitrogens with one attached hydrogen (secondary N) is 1. The van der Waals surface area contributed by atoms with Crippen LogP contribution in [0.3, 0.4) is 0 Å².